The van der Waals surface area contributed by atoms with Crippen LogP contribution in [-0.4, -0.2) is 54.6 Å². The molecule has 0 amide bonds. The van der Waals surface area contributed by atoms with Crippen molar-refractivity contribution in [2.24, 2.45) is 28.7 Å². The predicted octanol–water partition coefficient (Wildman–Crippen LogP) is 10.3. The van der Waals surface area contributed by atoms with Gasteiger partial charge in [0.15, 0.2) is 0 Å². The van der Waals surface area contributed by atoms with Gasteiger partial charge in [-0.05, 0) is 88.9 Å². The van der Waals surface area contributed by atoms with Gasteiger partial charge in [-0.1, -0.05) is 0 Å². The highest BCUT2D eigenvalue weighted by Gasteiger charge is 2.72. The molecular formula is C29H35F14N3O. The molecular weight excluding hydrogens is 672 g/mol. The van der Waals surface area contributed by atoms with Crippen molar-refractivity contribution in [3.63, 3.8) is 0 Å². The topological polar surface area (TPSA) is 77.0 Å². The first-order valence-corrected chi connectivity index (χ1v) is 14.8. The summed E-state index contributed by atoms with van der Waals surface area (Å²) in [6, 6.07) is 3.80. The third-order valence-electron chi connectivity index (χ3n) is 8.85. The largest absolute Gasteiger partial charge is 0.431 e. The molecule has 0 aromatic rings. The van der Waals surface area contributed by atoms with Gasteiger partial charge in [-0.3, -0.25) is 9.79 Å². The Hall–Kier alpha value is -2.66. The van der Waals surface area contributed by atoms with Crippen LogP contribution in [0.2, 0.25) is 0 Å². The Morgan fingerprint density at radius 3 is 1.17 bits per heavy atom. The minimum absolute atomic E-state index is 0.0230. The van der Waals surface area contributed by atoms with Gasteiger partial charge in [-0.25, -0.2) is 8.78 Å². The van der Waals surface area contributed by atoms with E-state index in [1.807, 2.05) is 12.1 Å². The first-order chi connectivity index (χ1) is 21.4. The molecule has 2 fully saturated rings. The molecule has 0 saturated heterocycles. The fraction of sp³-hybridized carbons (Fsp3) is 0.862. The molecule has 270 valence electrons. The van der Waals surface area contributed by atoms with Crippen molar-refractivity contribution in [1.82, 2.24) is 0 Å². The number of carbonyl (C=O) groups excluding carboxylic acids is 1. The van der Waals surface area contributed by atoms with Gasteiger partial charge in [-0.15, -0.1) is 0 Å². The van der Waals surface area contributed by atoms with E-state index in [2.05, 4.69) is 4.99 Å². The highest BCUT2D eigenvalue weighted by atomic mass is 19.4. The van der Waals surface area contributed by atoms with E-state index in [1.165, 1.54) is 0 Å². The number of hydrogen-bond acceptors (Lipinski definition) is 4. The Morgan fingerprint density at radius 2 is 0.915 bits per heavy atom. The van der Waals surface area contributed by atoms with Crippen LogP contribution in [0, 0.1) is 46.3 Å². The van der Waals surface area contributed by atoms with Crippen molar-refractivity contribution >= 4 is 11.5 Å². The summed E-state index contributed by atoms with van der Waals surface area (Å²) in [6.45, 7) is 0. The Labute approximate surface area is 262 Å². The van der Waals surface area contributed by atoms with E-state index < -0.39 is 73.6 Å². The third kappa shape index (κ3) is 11.2. The van der Waals surface area contributed by atoms with Gasteiger partial charge in [-0.2, -0.15) is 63.2 Å². The zero-order chi connectivity index (χ0) is 36.5. The van der Waals surface area contributed by atoms with E-state index in [0.29, 0.717) is 38.5 Å². The van der Waals surface area contributed by atoms with Gasteiger partial charge in [0.05, 0.1) is 12.1 Å². The average Bonchev–Trinajstić information content (AvgIpc) is 2.96. The molecule has 0 bridgehead atoms. The molecule has 0 N–H and O–H groups in total. The summed E-state index contributed by atoms with van der Waals surface area (Å²) in [5.74, 6) is -1.77. The van der Waals surface area contributed by atoms with Crippen molar-refractivity contribution in [1.29, 1.82) is 10.5 Å². The summed E-state index contributed by atoms with van der Waals surface area (Å²) < 4.78 is 176. The smallest absolute Gasteiger partial charge is 0.300 e. The zero-order valence-electron chi connectivity index (χ0n) is 25.3. The second-order valence-electron chi connectivity index (χ2n) is 11.9. The van der Waals surface area contributed by atoms with Gasteiger partial charge in [0, 0.05) is 37.4 Å². The molecule has 47 heavy (non-hydrogen) atoms. The van der Waals surface area contributed by atoms with E-state index in [4.69, 9.17) is 10.5 Å². The van der Waals surface area contributed by atoms with Crippen molar-refractivity contribution < 1.29 is 66.3 Å². The van der Waals surface area contributed by atoms with E-state index in [0.717, 1.165) is 5.71 Å². The minimum atomic E-state index is -6.05. The number of nitrogens with zero attached hydrogens (tertiary/aromatic N) is 3. The standard InChI is InChI=1S/C15H19F7N2.C14H16F7NO/c1-24-12-6-4-10(5-7-12)11(9-23)3-2-8-13(16,14(17,18)19)15(20,21)22;15-12(13(16,17)18,14(19,20)21)7-1-2-10(8-22)9-3-5-11(23)6-4-9/h10-11H,2-8H2,1H3;9-10H,1-7H2. The quantitative estimate of drug-likeness (QED) is 0.212. The lowest BCUT2D eigenvalue weighted by Gasteiger charge is -2.31. The summed E-state index contributed by atoms with van der Waals surface area (Å²) in [5.41, 5.74) is -9.50. The van der Waals surface area contributed by atoms with Gasteiger partial charge in [0.2, 0.25) is 0 Å². The molecule has 0 radical (unpaired) electrons. The van der Waals surface area contributed by atoms with Crippen LogP contribution in [0.4, 0.5) is 61.5 Å². The van der Waals surface area contributed by atoms with Gasteiger partial charge in [0.25, 0.3) is 11.3 Å². The Balaban J connectivity index is 0.000000470. The minimum Gasteiger partial charge on any atom is -0.300 e. The maximum atomic E-state index is 13.6. The highest BCUT2D eigenvalue weighted by molar-refractivity contribution is 5.85. The maximum absolute atomic E-state index is 13.6. The number of halogens is 14. The predicted molar refractivity (Wildman–Crippen MR) is 140 cm³/mol. The summed E-state index contributed by atoms with van der Waals surface area (Å²) in [7, 11) is 1.65. The van der Waals surface area contributed by atoms with Crippen molar-refractivity contribution in [3.05, 3.63) is 0 Å². The average molecular weight is 708 g/mol. The maximum Gasteiger partial charge on any atom is 0.431 e. The lowest BCUT2D eigenvalue weighted by Crippen LogP contribution is -2.53. The molecule has 0 aromatic carbocycles. The van der Waals surface area contributed by atoms with Crippen LogP contribution < -0.4 is 0 Å². The van der Waals surface area contributed by atoms with E-state index >= 15 is 0 Å². The van der Waals surface area contributed by atoms with Crippen LogP contribution >= 0.6 is 0 Å². The molecule has 2 atom stereocenters. The fourth-order valence-electron chi connectivity index (χ4n) is 5.79. The summed E-state index contributed by atoms with van der Waals surface area (Å²) >= 11 is 0. The molecule has 4 nitrogen and oxygen atoms in total. The molecule has 0 aliphatic heterocycles. The molecule has 0 aromatic heterocycles. The first-order valence-electron chi connectivity index (χ1n) is 14.8. The molecule has 0 heterocycles. The number of rotatable bonds is 10. The number of hydrogen-bond donors (Lipinski definition) is 0. The molecule has 2 unspecified atom stereocenters. The Bertz CT molecular complexity index is 1080. The summed E-state index contributed by atoms with van der Waals surface area (Å²) in [6.07, 6.45) is -25.6. The van der Waals surface area contributed by atoms with Crippen molar-refractivity contribution in [3.8, 4) is 12.1 Å². The SMILES string of the molecule is CN=C1CCC(C(C#N)CCCC(F)(C(F)(F)F)C(F)(F)F)CC1.N#CC(CCCC(F)(C(F)(F)F)C(F)(F)F)C1CCC(=O)CC1. The van der Waals surface area contributed by atoms with Gasteiger partial charge < -0.3 is 0 Å². The molecule has 18 heteroatoms. The first kappa shape index (κ1) is 42.4. The normalized spacial score (nSPS) is 20.4. The zero-order valence-corrected chi connectivity index (χ0v) is 25.3. The lowest BCUT2D eigenvalue weighted by molar-refractivity contribution is -0.344. The van der Waals surface area contributed by atoms with Crippen LogP contribution in [0.1, 0.15) is 89.9 Å². The van der Waals surface area contributed by atoms with Crippen molar-refractivity contribution in [2.75, 3.05) is 7.05 Å². The number of alkyl halides is 14. The van der Waals surface area contributed by atoms with E-state index in [1.54, 1.807) is 7.05 Å². The number of aliphatic imine (C=N–C) groups is 1. The second kappa shape index (κ2) is 16.6. The van der Waals surface area contributed by atoms with Gasteiger partial charge in [0.1, 0.15) is 5.78 Å². The number of Topliss-reactive ketones (excluding diaryl/α,β-unsaturated/α-hetero) is 1. The van der Waals surface area contributed by atoms with Crippen LogP contribution in [0.5, 0.6) is 0 Å². The molecule has 2 aliphatic rings. The van der Waals surface area contributed by atoms with Crippen LogP contribution in [0.15, 0.2) is 4.99 Å². The van der Waals surface area contributed by atoms with E-state index in [-0.39, 0.29) is 43.3 Å². The van der Waals surface area contributed by atoms with Gasteiger partial charge >= 0.3 is 24.7 Å². The van der Waals surface area contributed by atoms with Crippen molar-refractivity contribution in [2.45, 2.75) is 126 Å². The Kier molecular flexibility index (Phi) is 15.0. The Morgan fingerprint density at radius 1 is 0.617 bits per heavy atom. The summed E-state index contributed by atoms with van der Waals surface area (Å²) in [5, 5.41) is 18.2. The number of carbonyl (C=O) groups is 1. The fourth-order valence-corrected chi connectivity index (χ4v) is 5.79. The van der Waals surface area contributed by atoms with Crippen LogP contribution in [0.25, 0.3) is 0 Å². The highest BCUT2D eigenvalue weighted by Crippen LogP contribution is 2.50. The lowest BCUT2D eigenvalue weighted by atomic mass is 9.77. The molecule has 2 aliphatic carbocycles. The van der Waals surface area contributed by atoms with Crippen LogP contribution in [0.3, 0.4) is 0 Å². The molecule has 0 spiro atoms. The monoisotopic (exact) mass is 707 g/mol. The third-order valence-corrected chi connectivity index (χ3v) is 8.85. The second-order valence-corrected chi connectivity index (χ2v) is 11.9. The van der Waals surface area contributed by atoms with Crippen LogP contribution in [-0.2, 0) is 4.79 Å². The van der Waals surface area contributed by atoms with E-state index in [9.17, 15) is 66.3 Å². The molecule has 2 saturated carbocycles. The molecule has 2 rings (SSSR count). The summed E-state index contributed by atoms with van der Waals surface area (Å²) in [4.78, 5) is 15.2. The number of nitriles is 2. The number of ketones is 1.